The zero-order valence-corrected chi connectivity index (χ0v) is 10.7. The minimum absolute atomic E-state index is 0.00870. The van der Waals surface area contributed by atoms with Crippen LogP contribution >= 0.6 is 0 Å². The van der Waals surface area contributed by atoms with E-state index in [1.165, 1.54) is 24.3 Å². The summed E-state index contributed by atoms with van der Waals surface area (Å²) in [5.74, 6) is -0.596. The Morgan fingerprint density at radius 1 is 0.864 bits per heavy atom. The number of carbonyl (C=O) groups is 1. The lowest BCUT2D eigenvalue weighted by atomic mass is 10.0. The van der Waals surface area contributed by atoms with Crippen molar-refractivity contribution in [1.29, 1.82) is 0 Å². The highest BCUT2D eigenvalue weighted by molar-refractivity contribution is 6.00. The summed E-state index contributed by atoms with van der Waals surface area (Å²) in [7, 11) is 0. The Labute approximate surface area is 120 Å². The number of rotatable bonds is 3. The average molecular weight is 322 g/mol. The van der Waals surface area contributed by atoms with Crippen LogP contribution in [0, 0.1) is 0 Å². The topological polar surface area (TPSA) is 26.3 Å². The Morgan fingerprint density at radius 3 is 1.91 bits per heavy atom. The minimum Gasteiger partial charge on any atom is -0.471 e. The van der Waals surface area contributed by atoms with Gasteiger partial charge in [0.15, 0.2) is 6.29 Å². The molecule has 0 heterocycles. The van der Waals surface area contributed by atoms with Crippen LogP contribution in [0.5, 0.6) is 5.75 Å². The van der Waals surface area contributed by atoms with E-state index in [1.807, 2.05) is 0 Å². The van der Waals surface area contributed by atoms with Crippen molar-refractivity contribution in [3.63, 3.8) is 0 Å². The van der Waals surface area contributed by atoms with Gasteiger partial charge in [-0.3, -0.25) is 4.79 Å². The summed E-state index contributed by atoms with van der Waals surface area (Å²) < 4.78 is 79.5. The predicted molar refractivity (Wildman–Crippen MR) is 65.9 cm³/mol. The Balaban J connectivity index is 2.54. The molecular weight excluding hydrogens is 314 g/mol. The van der Waals surface area contributed by atoms with E-state index in [4.69, 9.17) is 0 Å². The quantitative estimate of drug-likeness (QED) is 0.613. The lowest BCUT2D eigenvalue weighted by molar-refractivity contribution is -0.299. The van der Waals surface area contributed by atoms with E-state index >= 15 is 0 Å². The van der Waals surface area contributed by atoms with Gasteiger partial charge < -0.3 is 4.74 Å². The molecule has 22 heavy (non-hydrogen) atoms. The molecule has 2 rings (SSSR count). The fraction of sp³-hybridized carbons (Fsp3) is 0.214. The van der Waals surface area contributed by atoms with Crippen LogP contribution in [0.2, 0.25) is 0 Å². The number of alkyl halides is 6. The van der Waals surface area contributed by atoms with Gasteiger partial charge in [-0.1, -0.05) is 24.3 Å². The van der Waals surface area contributed by atoms with Crippen molar-refractivity contribution < 1.29 is 35.9 Å². The number of aldehydes is 1. The molecule has 0 aliphatic heterocycles. The first-order chi connectivity index (χ1) is 10.1. The van der Waals surface area contributed by atoms with Crippen LogP contribution in [0.15, 0.2) is 36.4 Å². The fourth-order valence-corrected chi connectivity index (χ4v) is 1.95. The lowest BCUT2D eigenvalue weighted by Crippen LogP contribution is -2.46. The lowest BCUT2D eigenvalue weighted by Gasteiger charge is -2.24. The fourth-order valence-electron chi connectivity index (χ4n) is 1.95. The number of fused-ring (bicyclic) bond motifs is 1. The third-order valence-electron chi connectivity index (χ3n) is 2.88. The van der Waals surface area contributed by atoms with Gasteiger partial charge in [-0.2, -0.15) is 26.3 Å². The van der Waals surface area contributed by atoms with Crippen molar-refractivity contribution >= 4 is 17.1 Å². The highest BCUT2D eigenvalue weighted by Crippen LogP contribution is 2.38. The maximum atomic E-state index is 12.5. The van der Waals surface area contributed by atoms with Gasteiger partial charge in [0.2, 0.25) is 0 Å². The smallest absolute Gasteiger partial charge is 0.434 e. The number of carbonyl (C=O) groups excluding carboxylic acids is 1. The van der Waals surface area contributed by atoms with Gasteiger partial charge in [0, 0.05) is 10.9 Å². The number of halogens is 6. The Hall–Kier alpha value is -2.25. The standard InChI is InChI=1S/C14H8F6O2/c15-13(16,17)12(14(18,19)20)22-11-6-5-8(7-21)9-3-1-2-4-10(9)11/h1-7,12H. The van der Waals surface area contributed by atoms with Gasteiger partial charge >= 0.3 is 12.4 Å². The van der Waals surface area contributed by atoms with Crippen molar-refractivity contribution in [2.75, 3.05) is 0 Å². The van der Waals surface area contributed by atoms with Crippen molar-refractivity contribution in [3.8, 4) is 5.75 Å². The summed E-state index contributed by atoms with van der Waals surface area (Å²) in [6.45, 7) is 0. The van der Waals surface area contributed by atoms with E-state index in [2.05, 4.69) is 4.74 Å². The SMILES string of the molecule is O=Cc1ccc(OC(C(F)(F)F)C(F)(F)F)c2ccccc12. The van der Waals surface area contributed by atoms with Crippen LogP contribution in [0.4, 0.5) is 26.3 Å². The summed E-state index contributed by atoms with van der Waals surface area (Å²) in [6.07, 6.45) is -14.7. The Kier molecular flexibility index (Phi) is 4.04. The molecule has 0 spiro atoms. The summed E-state index contributed by atoms with van der Waals surface area (Å²) in [5.41, 5.74) is 0.138. The Morgan fingerprint density at radius 2 is 1.41 bits per heavy atom. The molecule has 8 heteroatoms. The third kappa shape index (κ3) is 3.15. The zero-order chi connectivity index (χ0) is 16.5. The van der Waals surface area contributed by atoms with E-state index in [-0.39, 0.29) is 16.3 Å². The second-order valence-electron chi connectivity index (χ2n) is 4.40. The van der Waals surface area contributed by atoms with Gasteiger partial charge in [-0.05, 0) is 17.5 Å². The predicted octanol–water partition coefficient (Wildman–Crippen LogP) is 4.52. The first kappa shape index (κ1) is 16.1. The minimum atomic E-state index is -5.61. The second kappa shape index (κ2) is 5.51. The largest absolute Gasteiger partial charge is 0.471 e. The van der Waals surface area contributed by atoms with E-state index in [1.54, 1.807) is 0 Å². The number of ether oxygens (including phenoxy) is 1. The van der Waals surface area contributed by atoms with E-state index in [0.29, 0.717) is 6.29 Å². The molecule has 0 aliphatic carbocycles. The molecule has 0 bridgehead atoms. The summed E-state index contributed by atoms with van der Waals surface area (Å²) in [5, 5.41) is 0.198. The molecule has 0 saturated carbocycles. The number of benzene rings is 2. The van der Waals surface area contributed by atoms with E-state index in [9.17, 15) is 31.1 Å². The molecule has 118 valence electrons. The first-order valence-electron chi connectivity index (χ1n) is 5.91. The van der Waals surface area contributed by atoms with Crippen LogP contribution in [0.1, 0.15) is 10.4 Å². The summed E-state index contributed by atoms with van der Waals surface area (Å²) in [6, 6.07) is 7.62. The molecule has 0 atom stereocenters. The van der Waals surface area contributed by atoms with Crippen molar-refractivity contribution in [3.05, 3.63) is 42.0 Å². The van der Waals surface area contributed by atoms with Gasteiger partial charge in [0.25, 0.3) is 6.10 Å². The molecule has 0 saturated heterocycles. The molecule has 0 amide bonds. The molecule has 0 unspecified atom stereocenters. The molecule has 2 aromatic rings. The van der Waals surface area contributed by atoms with Gasteiger partial charge in [0.1, 0.15) is 5.75 Å². The van der Waals surface area contributed by atoms with Crippen LogP contribution in [-0.2, 0) is 0 Å². The molecule has 0 aromatic heterocycles. The average Bonchev–Trinajstić information content (AvgIpc) is 2.42. The van der Waals surface area contributed by atoms with Crippen LogP contribution in [-0.4, -0.2) is 24.7 Å². The molecule has 0 N–H and O–H groups in total. The zero-order valence-electron chi connectivity index (χ0n) is 10.7. The molecular formula is C14H8F6O2. The highest BCUT2D eigenvalue weighted by atomic mass is 19.4. The summed E-state index contributed by atoms with van der Waals surface area (Å²) in [4.78, 5) is 10.9. The van der Waals surface area contributed by atoms with Crippen molar-refractivity contribution in [2.45, 2.75) is 18.5 Å². The monoisotopic (exact) mass is 322 g/mol. The van der Waals surface area contributed by atoms with Crippen LogP contribution in [0.25, 0.3) is 10.8 Å². The van der Waals surface area contributed by atoms with Crippen molar-refractivity contribution in [2.24, 2.45) is 0 Å². The third-order valence-corrected chi connectivity index (χ3v) is 2.88. The first-order valence-corrected chi connectivity index (χ1v) is 5.91. The molecule has 2 nitrogen and oxygen atoms in total. The maximum Gasteiger partial charge on any atom is 0.434 e. The normalized spacial score (nSPS) is 12.7. The van der Waals surface area contributed by atoms with Gasteiger partial charge in [0.05, 0.1) is 0 Å². The number of hydrogen-bond donors (Lipinski definition) is 0. The van der Waals surface area contributed by atoms with Crippen LogP contribution in [0.3, 0.4) is 0 Å². The molecule has 2 aromatic carbocycles. The van der Waals surface area contributed by atoms with Crippen molar-refractivity contribution in [1.82, 2.24) is 0 Å². The van der Waals surface area contributed by atoms with Crippen LogP contribution < -0.4 is 4.74 Å². The number of hydrogen-bond acceptors (Lipinski definition) is 2. The maximum absolute atomic E-state index is 12.5. The highest BCUT2D eigenvalue weighted by Gasteiger charge is 2.59. The van der Waals surface area contributed by atoms with Gasteiger partial charge in [-0.25, -0.2) is 0 Å². The van der Waals surface area contributed by atoms with E-state index in [0.717, 1.165) is 12.1 Å². The molecule has 0 radical (unpaired) electrons. The summed E-state index contributed by atoms with van der Waals surface area (Å²) >= 11 is 0. The Bertz CT molecular complexity index is 676. The molecule has 0 fully saturated rings. The second-order valence-corrected chi connectivity index (χ2v) is 4.40. The van der Waals surface area contributed by atoms with E-state index < -0.39 is 24.2 Å². The van der Waals surface area contributed by atoms with Gasteiger partial charge in [-0.15, -0.1) is 0 Å². The molecule has 0 aliphatic rings.